The zero-order valence-corrected chi connectivity index (χ0v) is 11.3. The lowest BCUT2D eigenvalue weighted by molar-refractivity contribution is 0.339. The van der Waals surface area contributed by atoms with E-state index in [0.29, 0.717) is 23.7 Å². The molecule has 1 saturated carbocycles. The van der Waals surface area contributed by atoms with Crippen LogP contribution in [-0.4, -0.2) is 9.97 Å². The number of nitrogens with one attached hydrogen (secondary N) is 1. The van der Waals surface area contributed by atoms with Crippen LogP contribution in [0.3, 0.4) is 0 Å². The lowest BCUT2D eigenvalue weighted by Crippen LogP contribution is -2.23. The van der Waals surface area contributed by atoms with E-state index in [1.807, 2.05) is 6.92 Å². The van der Waals surface area contributed by atoms with Gasteiger partial charge in [0.15, 0.2) is 0 Å². The van der Waals surface area contributed by atoms with Gasteiger partial charge in [0, 0.05) is 5.92 Å². The highest BCUT2D eigenvalue weighted by Gasteiger charge is 2.22. The number of rotatable bonds is 3. The number of nitrogen functional groups attached to an aromatic ring is 1. The first-order chi connectivity index (χ1) is 8.61. The zero-order chi connectivity index (χ0) is 13.1. The van der Waals surface area contributed by atoms with Crippen LogP contribution in [0.25, 0.3) is 0 Å². The van der Waals surface area contributed by atoms with Crippen molar-refractivity contribution in [3.8, 4) is 0 Å². The van der Waals surface area contributed by atoms with Crippen molar-refractivity contribution in [3.63, 3.8) is 0 Å². The topological polar surface area (TPSA) is 71.8 Å². The molecule has 4 nitrogen and oxygen atoms in total. The van der Waals surface area contributed by atoms with E-state index in [4.69, 9.17) is 5.73 Å². The summed E-state index contributed by atoms with van der Waals surface area (Å²) < 4.78 is 0. The van der Waals surface area contributed by atoms with Gasteiger partial charge in [0.1, 0.15) is 11.6 Å². The lowest BCUT2D eigenvalue weighted by atomic mass is 9.82. The molecule has 4 heteroatoms. The molecule has 1 heterocycles. The van der Waals surface area contributed by atoms with Gasteiger partial charge in [-0.3, -0.25) is 4.79 Å². The second kappa shape index (κ2) is 5.55. The standard InChI is InChI=1S/C14H23N3O/c1-3-4-11-12(15)16-13(17-14(11)18)10-7-5-9(2)6-8-10/h9-10H,3-8H2,1-2H3,(H3,15,16,17,18). The maximum absolute atomic E-state index is 12.0. The van der Waals surface area contributed by atoms with Crippen molar-refractivity contribution in [2.45, 2.75) is 58.3 Å². The van der Waals surface area contributed by atoms with Crippen LogP contribution >= 0.6 is 0 Å². The minimum atomic E-state index is -0.0435. The van der Waals surface area contributed by atoms with E-state index in [2.05, 4.69) is 16.9 Å². The summed E-state index contributed by atoms with van der Waals surface area (Å²) in [6, 6.07) is 0. The van der Waals surface area contributed by atoms with E-state index in [1.165, 1.54) is 12.8 Å². The molecule has 0 spiro atoms. The zero-order valence-electron chi connectivity index (χ0n) is 11.3. The van der Waals surface area contributed by atoms with Gasteiger partial charge in [-0.2, -0.15) is 0 Å². The number of H-pyrrole nitrogens is 1. The van der Waals surface area contributed by atoms with Gasteiger partial charge in [-0.25, -0.2) is 4.98 Å². The molecular formula is C14H23N3O. The first-order valence-corrected chi connectivity index (χ1v) is 7.00. The first kappa shape index (κ1) is 13.1. The molecule has 0 bridgehead atoms. The molecule has 1 aliphatic rings. The Kier molecular flexibility index (Phi) is 4.04. The molecule has 1 aromatic rings. The number of nitrogens with two attached hydrogens (primary N) is 1. The fourth-order valence-electron chi connectivity index (χ4n) is 2.75. The Morgan fingerprint density at radius 3 is 2.56 bits per heavy atom. The third kappa shape index (κ3) is 2.74. The van der Waals surface area contributed by atoms with Crippen LogP contribution in [0.5, 0.6) is 0 Å². The van der Waals surface area contributed by atoms with E-state index in [1.54, 1.807) is 0 Å². The van der Waals surface area contributed by atoms with E-state index >= 15 is 0 Å². The normalized spacial score (nSPS) is 24.1. The summed E-state index contributed by atoms with van der Waals surface area (Å²) in [5.41, 5.74) is 6.51. The number of aromatic amines is 1. The molecule has 18 heavy (non-hydrogen) atoms. The third-order valence-corrected chi connectivity index (χ3v) is 3.97. The molecule has 0 unspecified atom stereocenters. The van der Waals surface area contributed by atoms with Crippen molar-refractivity contribution in [2.24, 2.45) is 5.92 Å². The van der Waals surface area contributed by atoms with Gasteiger partial charge in [-0.15, -0.1) is 0 Å². The van der Waals surface area contributed by atoms with Crippen LogP contribution in [-0.2, 0) is 6.42 Å². The van der Waals surface area contributed by atoms with Crippen molar-refractivity contribution in [1.82, 2.24) is 9.97 Å². The SMILES string of the molecule is CCCc1c(N)nc(C2CCC(C)CC2)[nH]c1=O. The van der Waals surface area contributed by atoms with E-state index < -0.39 is 0 Å². The average molecular weight is 249 g/mol. The van der Waals surface area contributed by atoms with Gasteiger partial charge in [0.05, 0.1) is 5.56 Å². The molecule has 1 aliphatic carbocycles. The largest absolute Gasteiger partial charge is 0.383 e. The molecule has 1 aromatic heterocycles. The molecule has 0 radical (unpaired) electrons. The van der Waals surface area contributed by atoms with Crippen LogP contribution in [0, 0.1) is 5.92 Å². The Hall–Kier alpha value is -1.32. The van der Waals surface area contributed by atoms with Crippen molar-refractivity contribution in [3.05, 3.63) is 21.7 Å². The monoisotopic (exact) mass is 249 g/mol. The van der Waals surface area contributed by atoms with Gasteiger partial charge >= 0.3 is 0 Å². The maximum atomic E-state index is 12.0. The fourth-order valence-corrected chi connectivity index (χ4v) is 2.75. The Morgan fingerprint density at radius 1 is 1.33 bits per heavy atom. The van der Waals surface area contributed by atoms with Gasteiger partial charge in [-0.05, 0) is 25.2 Å². The number of aromatic nitrogens is 2. The molecule has 3 N–H and O–H groups in total. The Morgan fingerprint density at radius 2 is 2.00 bits per heavy atom. The minimum Gasteiger partial charge on any atom is -0.383 e. The molecular weight excluding hydrogens is 226 g/mol. The molecule has 0 aromatic carbocycles. The second-order valence-electron chi connectivity index (χ2n) is 5.52. The second-order valence-corrected chi connectivity index (χ2v) is 5.52. The Bertz CT molecular complexity index is 459. The molecule has 1 fully saturated rings. The molecule has 0 aliphatic heterocycles. The third-order valence-electron chi connectivity index (χ3n) is 3.97. The number of hydrogen-bond acceptors (Lipinski definition) is 3. The predicted molar refractivity (Wildman–Crippen MR) is 73.6 cm³/mol. The van der Waals surface area contributed by atoms with Crippen LogP contribution in [0.4, 0.5) is 5.82 Å². The summed E-state index contributed by atoms with van der Waals surface area (Å²) >= 11 is 0. The van der Waals surface area contributed by atoms with E-state index in [0.717, 1.165) is 31.0 Å². The van der Waals surface area contributed by atoms with Gasteiger partial charge in [0.2, 0.25) is 0 Å². The minimum absolute atomic E-state index is 0.0435. The summed E-state index contributed by atoms with van der Waals surface area (Å²) in [6.07, 6.45) is 6.26. The molecule has 100 valence electrons. The van der Waals surface area contributed by atoms with E-state index in [9.17, 15) is 4.79 Å². The first-order valence-electron chi connectivity index (χ1n) is 7.00. The number of anilines is 1. The highest BCUT2D eigenvalue weighted by atomic mass is 16.1. The number of hydrogen-bond donors (Lipinski definition) is 2. The van der Waals surface area contributed by atoms with Gasteiger partial charge in [0.25, 0.3) is 5.56 Å². The van der Waals surface area contributed by atoms with Crippen molar-refractivity contribution < 1.29 is 0 Å². The predicted octanol–water partition coefficient (Wildman–Crippen LogP) is 2.60. The molecule has 0 saturated heterocycles. The Balaban J connectivity index is 2.22. The van der Waals surface area contributed by atoms with Crippen LogP contribution in [0.15, 0.2) is 4.79 Å². The average Bonchev–Trinajstić information content (AvgIpc) is 2.34. The lowest BCUT2D eigenvalue weighted by Gasteiger charge is -2.25. The smallest absolute Gasteiger partial charge is 0.256 e. The molecule has 0 amide bonds. The summed E-state index contributed by atoms with van der Waals surface area (Å²) in [4.78, 5) is 19.3. The van der Waals surface area contributed by atoms with Crippen molar-refractivity contribution in [1.29, 1.82) is 0 Å². The van der Waals surface area contributed by atoms with Crippen LogP contribution in [0.2, 0.25) is 0 Å². The summed E-state index contributed by atoms with van der Waals surface area (Å²) in [5.74, 6) is 2.40. The Labute approximate surface area is 108 Å². The van der Waals surface area contributed by atoms with Gasteiger partial charge < -0.3 is 10.7 Å². The van der Waals surface area contributed by atoms with Crippen LogP contribution in [0.1, 0.15) is 63.3 Å². The fraction of sp³-hybridized carbons (Fsp3) is 0.714. The van der Waals surface area contributed by atoms with Crippen molar-refractivity contribution >= 4 is 5.82 Å². The maximum Gasteiger partial charge on any atom is 0.256 e. The van der Waals surface area contributed by atoms with Gasteiger partial charge in [-0.1, -0.05) is 33.1 Å². The van der Waals surface area contributed by atoms with Crippen molar-refractivity contribution in [2.75, 3.05) is 5.73 Å². The number of nitrogens with zero attached hydrogens (tertiary/aromatic N) is 1. The summed E-state index contributed by atoms with van der Waals surface area (Å²) in [6.45, 7) is 4.32. The van der Waals surface area contributed by atoms with E-state index in [-0.39, 0.29) is 5.56 Å². The molecule has 2 rings (SSSR count). The summed E-state index contributed by atoms with van der Waals surface area (Å²) in [7, 11) is 0. The summed E-state index contributed by atoms with van der Waals surface area (Å²) in [5, 5.41) is 0. The highest BCUT2D eigenvalue weighted by molar-refractivity contribution is 5.38. The quantitative estimate of drug-likeness (QED) is 0.865. The van der Waals surface area contributed by atoms with Crippen LogP contribution < -0.4 is 11.3 Å². The highest BCUT2D eigenvalue weighted by Crippen LogP contribution is 2.33. The molecule has 0 atom stereocenters.